The largest absolute Gasteiger partial charge is 0.398 e. The molecule has 0 saturated heterocycles. The van der Waals surface area contributed by atoms with Crippen LogP contribution in [0.2, 0.25) is 0 Å². The van der Waals surface area contributed by atoms with Crippen LogP contribution in [0.5, 0.6) is 0 Å². The summed E-state index contributed by atoms with van der Waals surface area (Å²) in [5.41, 5.74) is 4.41. The zero-order chi connectivity index (χ0) is 15.5. The zero-order valence-corrected chi connectivity index (χ0v) is 13.3. The fraction of sp³-hybridized carbons (Fsp3) is 0.211. The molecular weight excluding hydrogens is 272 g/mol. The van der Waals surface area contributed by atoms with E-state index in [2.05, 4.69) is 52.8 Å². The van der Waals surface area contributed by atoms with Crippen LogP contribution in [0.1, 0.15) is 18.4 Å². The maximum absolute atomic E-state index is 5.94. The van der Waals surface area contributed by atoms with Gasteiger partial charge in [0, 0.05) is 25.8 Å². The van der Waals surface area contributed by atoms with Crippen LogP contribution in [-0.4, -0.2) is 14.1 Å². The van der Waals surface area contributed by atoms with Crippen molar-refractivity contribution in [2.75, 3.05) is 19.0 Å². The summed E-state index contributed by atoms with van der Waals surface area (Å²) in [6.07, 6.45) is 4.12. The molecule has 3 aromatic rings. The molecule has 1 heterocycles. The van der Waals surface area contributed by atoms with Crippen LogP contribution in [0.4, 0.5) is 5.69 Å². The zero-order valence-electron chi connectivity index (χ0n) is 13.3. The third-order valence-corrected chi connectivity index (χ3v) is 3.78. The fourth-order valence-electron chi connectivity index (χ4n) is 2.55. The molecule has 0 aliphatic rings. The van der Waals surface area contributed by atoms with Crippen LogP contribution in [0, 0.1) is 0 Å². The summed E-state index contributed by atoms with van der Waals surface area (Å²) in [5.74, 6) is 0.875. The van der Waals surface area contributed by atoms with Crippen LogP contribution in [0.15, 0.2) is 52.9 Å². The molecule has 0 fully saturated rings. The molecule has 0 aliphatic heterocycles. The summed E-state index contributed by atoms with van der Waals surface area (Å²) in [6, 6.07) is 16.6. The highest BCUT2D eigenvalue weighted by molar-refractivity contribution is 5.72. The molecule has 112 valence electrons. The van der Waals surface area contributed by atoms with E-state index in [1.165, 1.54) is 5.69 Å². The lowest BCUT2D eigenvalue weighted by molar-refractivity contribution is -0.674. The van der Waals surface area contributed by atoms with Crippen LogP contribution in [0.3, 0.4) is 0 Å². The third-order valence-electron chi connectivity index (χ3n) is 3.78. The SMILES string of the molecule is CC[n+]1c(C=Cc2ccc(N(C)C)cc2)oc2ccccc21. The van der Waals surface area contributed by atoms with Crippen molar-refractivity contribution in [1.82, 2.24) is 0 Å². The molecule has 0 atom stereocenters. The standard InChI is InChI=1S/C19H21N2O/c1-4-21-17-7-5-6-8-18(17)22-19(21)14-11-15-9-12-16(13-10-15)20(2)3/h5-14H,4H2,1-3H3/q+1. The smallest absolute Gasteiger partial charge is 0.374 e. The van der Waals surface area contributed by atoms with Crippen molar-refractivity contribution in [2.45, 2.75) is 13.5 Å². The Morgan fingerprint density at radius 3 is 2.41 bits per heavy atom. The first kappa shape index (κ1) is 14.4. The molecule has 0 saturated carbocycles. The van der Waals surface area contributed by atoms with Crippen molar-refractivity contribution in [3.05, 3.63) is 60.0 Å². The number of benzene rings is 2. The molecule has 0 aliphatic carbocycles. The monoisotopic (exact) mass is 293 g/mol. The van der Waals surface area contributed by atoms with Crippen LogP contribution in [-0.2, 0) is 6.54 Å². The van der Waals surface area contributed by atoms with Gasteiger partial charge >= 0.3 is 5.89 Å². The Kier molecular flexibility index (Phi) is 3.96. The van der Waals surface area contributed by atoms with Crippen molar-refractivity contribution in [1.29, 1.82) is 0 Å². The van der Waals surface area contributed by atoms with E-state index in [0.29, 0.717) is 0 Å². The molecule has 1 aromatic heterocycles. The fourth-order valence-corrected chi connectivity index (χ4v) is 2.55. The average Bonchev–Trinajstić information content (AvgIpc) is 2.90. The Morgan fingerprint density at radius 2 is 1.73 bits per heavy atom. The summed E-state index contributed by atoms with van der Waals surface area (Å²) in [4.78, 5) is 2.10. The second kappa shape index (κ2) is 6.06. The number of hydrogen-bond donors (Lipinski definition) is 0. The molecule has 0 radical (unpaired) electrons. The van der Waals surface area contributed by atoms with E-state index in [1.807, 2.05) is 38.4 Å². The van der Waals surface area contributed by atoms with E-state index < -0.39 is 0 Å². The van der Waals surface area contributed by atoms with Gasteiger partial charge in [0.1, 0.15) is 6.54 Å². The molecule has 3 heteroatoms. The van der Waals surface area contributed by atoms with E-state index in [1.54, 1.807) is 0 Å². The highest BCUT2D eigenvalue weighted by Crippen LogP contribution is 2.17. The van der Waals surface area contributed by atoms with Gasteiger partial charge in [-0.25, -0.2) is 0 Å². The van der Waals surface area contributed by atoms with Crippen molar-refractivity contribution in [3.8, 4) is 0 Å². The quantitative estimate of drug-likeness (QED) is 0.678. The number of fused-ring (bicyclic) bond motifs is 1. The lowest BCUT2D eigenvalue weighted by atomic mass is 10.2. The summed E-state index contributed by atoms with van der Waals surface area (Å²) in [5, 5.41) is 0. The minimum Gasteiger partial charge on any atom is -0.398 e. The lowest BCUT2D eigenvalue weighted by Crippen LogP contribution is -2.33. The van der Waals surface area contributed by atoms with Gasteiger partial charge in [0.05, 0.1) is 6.08 Å². The van der Waals surface area contributed by atoms with Gasteiger partial charge in [-0.15, -0.1) is 0 Å². The van der Waals surface area contributed by atoms with E-state index in [-0.39, 0.29) is 0 Å². The minimum atomic E-state index is 0.875. The molecule has 22 heavy (non-hydrogen) atoms. The maximum atomic E-state index is 5.94. The first-order valence-electron chi connectivity index (χ1n) is 7.56. The molecule has 0 unspecified atom stereocenters. The molecule has 0 N–H and O–H groups in total. The number of oxazole rings is 1. The molecule has 0 amide bonds. The normalized spacial score (nSPS) is 11.4. The van der Waals surface area contributed by atoms with Crippen LogP contribution in [0.25, 0.3) is 23.3 Å². The molecular formula is C19H21N2O+. The van der Waals surface area contributed by atoms with Gasteiger partial charge in [-0.2, -0.15) is 4.57 Å². The third kappa shape index (κ3) is 2.75. The van der Waals surface area contributed by atoms with Gasteiger partial charge in [0.25, 0.3) is 5.52 Å². The predicted octanol–water partition coefficient (Wildman–Crippen LogP) is 3.98. The van der Waals surface area contributed by atoms with Crippen LogP contribution >= 0.6 is 0 Å². The highest BCUT2D eigenvalue weighted by atomic mass is 16.3. The number of para-hydroxylation sites is 2. The minimum absolute atomic E-state index is 0.875. The van der Waals surface area contributed by atoms with Crippen LogP contribution < -0.4 is 9.47 Å². The van der Waals surface area contributed by atoms with Gasteiger partial charge in [-0.05, 0) is 36.8 Å². The second-order valence-corrected chi connectivity index (χ2v) is 5.47. The van der Waals surface area contributed by atoms with E-state index in [9.17, 15) is 0 Å². The summed E-state index contributed by atoms with van der Waals surface area (Å²) < 4.78 is 8.12. The number of nitrogens with zero attached hydrogens (tertiary/aromatic N) is 2. The van der Waals surface area contributed by atoms with Gasteiger partial charge in [0.2, 0.25) is 5.58 Å². The average molecular weight is 293 g/mol. The van der Waals surface area contributed by atoms with E-state index in [4.69, 9.17) is 4.42 Å². The van der Waals surface area contributed by atoms with Gasteiger partial charge < -0.3 is 9.32 Å². The lowest BCUT2D eigenvalue weighted by Gasteiger charge is -2.11. The maximum Gasteiger partial charge on any atom is 0.374 e. The Bertz CT molecular complexity index is 798. The summed E-state index contributed by atoms with van der Waals surface area (Å²) in [7, 11) is 4.09. The van der Waals surface area contributed by atoms with Crippen molar-refractivity contribution >= 4 is 28.9 Å². The van der Waals surface area contributed by atoms with Gasteiger partial charge in [-0.1, -0.05) is 24.3 Å². The number of aromatic nitrogens is 1. The Balaban J connectivity index is 1.92. The van der Waals surface area contributed by atoms with Gasteiger partial charge in [0.15, 0.2) is 0 Å². The summed E-state index contributed by atoms with van der Waals surface area (Å²) in [6.45, 7) is 3.02. The molecule has 0 bridgehead atoms. The predicted molar refractivity (Wildman–Crippen MR) is 91.8 cm³/mol. The Labute approximate surface area is 131 Å². The highest BCUT2D eigenvalue weighted by Gasteiger charge is 2.17. The molecule has 3 rings (SSSR count). The number of hydrogen-bond acceptors (Lipinski definition) is 2. The molecule has 0 spiro atoms. The number of aryl methyl sites for hydroxylation is 1. The second-order valence-electron chi connectivity index (χ2n) is 5.47. The Morgan fingerprint density at radius 1 is 1.00 bits per heavy atom. The van der Waals surface area contributed by atoms with Crippen molar-refractivity contribution < 1.29 is 8.98 Å². The van der Waals surface area contributed by atoms with Crippen molar-refractivity contribution in [3.63, 3.8) is 0 Å². The first-order valence-corrected chi connectivity index (χ1v) is 7.56. The first-order chi connectivity index (χ1) is 10.7. The van der Waals surface area contributed by atoms with E-state index >= 15 is 0 Å². The summed E-state index contributed by atoms with van der Waals surface area (Å²) >= 11 is 0. The van der Waals surface area contributed by atoms with Gasteiger partial charge in [-0.3, -0.25) is 0 Å². The number of anilines is 1. The molecule has 3 nitrogen and oxygen atoms in total. The van der Waals surface area contributed by atoms with Crippen molar-refractivity contribution in [2.24, 2.45) is 0 Å². The topological polar surface area (TPSA) is 20.3 Å². The van der Waals surface area contributed by atoms with E-state index in [0.717, 1.165) is 29.1 Å². The molecule has 2 aromatic carbocycles. The number of rotatable bonds is 4. The Hall–Kier alpha value is -2.55.